The van der Waals surface area contributed by atoms with Crippen LogP contribution in [0.15, 0.2) is 36.7 Å². The fourth-order valence-electron chi connectivity index (χ4n) is 2.94. The van der Waals surface area contributed by atoms with E-state index in [0.717, 1.165) is 17.7 Å². The molecule has 0 bridgehead atoms. The van der Waals surface area contributed by atoms with Crippen LogP contribution in [-0.2, 0) is 11.2 Å². The number of likely N-dealkylation sites (tertiary alicyclic amines) is 1. The van der Waals surface area contributed by atoms with Crippen molar-refractivity contribution in [3.8, 4) is 17.5 Å². The second-order valence-corrected chi connectivity index (χ2v) is 6.09. The Hall–Kier alpha value is -2.83. The standard InChI is InChI=1S/C19H23N3O4/c1-24-15-6-3-14(4-7-15)5-8-17(23)22-12-9-16(13-22)26-19-18(25-2)20-10-11-21-19/h3-4,6-7,10-11,16H,5,8-9,12-13H2,1-2H3/t16-/m0/s1. The molecule has 0 unspecified atom stereocenters. The molecule has 1 aliphatic heterocycles. The normalized spacial score (nSPS) is 16.4. The summed E-state index contributed by atoms with van der Waals surface area (Å²) in [4.78, 5) is 22.5. The lowest BCUT2D eigenvalue weighted by Gasteiger charge is -2.17. The number of rotatable bonds is 7. The molecule has 1 fully saturated rings. The topological polar surface area (TPSA) is 73.8 Å². The number of aromatic nitrogens is 2. The number of hydrogen-bond donors (Lipinski definition) is 0. The largest absolute Gasteiger partial charge is 0.497 e. The highest BCUT2D eigenvalue weighted by molar-refractivity contribution is 5.76. The summed E-state index contributed by atoms with van der Waals surface area (Å²) in [6.45, 7) is 1.25. The van der Waals surface area contributed by atoms with Gasteiger partial charge in [-0.25, -0.2) is 9.97 Å². The number of nitrogens with zero attached hydrogens (tertiary/aromatic N) is 3. The molecule has 1 atom stereocenters. The van der Waals surface area contributed by atoms with Crippen LogP contribution in [0.5, 0.6) is 17.5 Å². The van der Waals surface area contributed by atoms with Crippen molar-refractivity contribution >= 4 is 5.91 Å². The summed E-state index contributed by atoms with van der Waals surface area (Å²) in [5.41, 5.74) is 1.12. The third-order valence-electron chi connectivity index (χ3n) is 4.39. The van der Waals surface area contributed by atoms with Crippen LogP contribution in [0.4, 0.5) is 0 Å². The Morgan fingerprint density at radius 3 is 2.54 bits per heavy atom. The Morgan fingerprint density at radius 1 is 1.12 bits per heavy atom. The lowest BCUT2D eigenvalue weighted by Crippen LogP contribution is -2.31. The third-order valence-corrected chi connectivity index (χ3v) is 4.39. The highest BCUT2D eigenvalue weighted by atomic mass is 16.5. The van der Waals surface area contributed by atoms with Gasteiger partial charge in [-0.15, -0.1) is 0 Å². The first-order chi connectivity index (χ1) is 12.7. The van der Waals surface area contributed by atoms with Crippen LogP contribution in [0, 0.1) is 0 Å². The second kappa shape index (κ2) is 8.51. The van der Waals surface area contributed by atoms with Crippen LogP contribution in [-0.4, -0.2) is 54.2 Å². The summed E-state index contributed by atoms with van der Waals surface area (Å²) in [6, 6.07) is 7.80. The molecule has 26 heavy (non-hydrogen) atoms. The van der Waals surface area contributed by atoms with Crippen molar-refractivity contribution in [1.29, 1.82) is 0 Å². The molecule has 1 amide bonds. The van der Waals surface area contributed by atoms with Gasteiger partial charge < -0.3 is 19.1 Å². The predicted molar refractivity (Wildman–Crippen MR) is 95.5 cm³/mol. The highest BCUT2D eigenvalue weighted by Gasteiger charge is 2.28. The van der Waals surface area contributed by atoms with E-state index in [4.69, 9.17) is 14.2 Å². The predicted octanol–water partition coefficient (Wildman–Crippen LogP) is 2.11. The van der Waals surface area contributed by atoms with Gasteiger partial charge in [0.1, 0.15) is 11.9 Å². The molecule has 0 saturated carbocycles. The molecule has 2 aromatic rings. The number of benzene rings is 1. The van der Waals surface area contributed by atoms with Gasteiger partial charge in [0.25, 0.3) is 11.8 Å². The molecule has 2 heterocycles. The van der Waals surface area contributed by atoms with E-state index in [1.165, 1.54) is 7.11 Å². The minimum Gasteiger partial charge on any atom is -0.497 e. The number of ether oxygens (including phenoxy) is 3. The fourth-order valence-corrected chi connectivity index (χ4v) is 2.94. The fraction of sp³-hybridized carbons (Fsp3) is 0.421. The maximum atomic E-state index is 12.5. The molecule has 1 aromatic carbocycles. The van der Waals surface area contributed by atoms with Gasteiger partial charge in [0.15, 0.2) is 0 Å². The lowest BCUT2D eigenvalue weighted by molar-refractivity contribution is -0.130. The van der Waals surface area contributed by atoms with E-state index in [0.29, 0.717) is 37.7 Å². The zero-order chi connectivity index (χ0) is 18.4. The van der Waals surface area contributed by atoms with E-state index < -0.39 is 0 Å². The number of aryl methyl sites for hydroxylation is 1. The average Bonchev–Trinajstić information content (AvgIpc) is 3.15. The van der Waals surface area contributed by atoms with E-state index in [1.807, 2.05) is 29.2 Å². The lowest BCUT2D eigenvalue weighted by atomic mass is 10.1. The first-order valence-corrected chi connectivity index (χ1v) is 8.62. The van der Waals surface area contributed by atoms with Gasteiger partial charge in [0.05, 0.1) is 20.8 Å². The summed E-state index contributed by atoms with van der Waals surface area (Å²) >= 11 is 0. The Labute approximate surface area is 152 Å². The van der Waals surface area contributed by atoms with Crippen LogP contribution in [0.25, 0.3) is 0 Å². The molecule has 1 saturated heterocycles. The highest BCUT2D eigenvalue weighted by Crippen LogP contribution is 2.24. The quantitative estimate of drug-likeness (QED) is 0.756. The van der Waals surface area contributed by atoms with Gasteiger partial charge in [0, 0.05) is 31.8 Å². The summed E-state index contributed by atoms with van der Waals surface area (Å²) in [5, 5.41) is 0. The molecule has 0 radical (unpaired) electrons. The Kier molecular flexibility index (Phi) is 5.88. The second-order valence-electron chi connectivity index (χ2n) is 6.09. The molecule has 138 valence electrons. The van der Waals surface area contributed by atoms with Crippen LogP contribution in [0.1, 0.15) is 18.4 Å². The molecule has 0 N–H and O–H groups in total. The third kappa shape index (κ3) is 4.41. The van der Waals surface area contributed by atoms with Gasteiger partial charge >= 0.3 is 0 Å². The summed E-state index contributed by atoms with van der Waals surface area (Å²) in [6.07, 6.45) is 4.98. The maximum Gasteiger partial charge on any atom is 0.278 e. The molecule has 0 spiro atoms. The van der Waals surface area contributed by atoms with Crippen molar-refractivity contribution in [3.63, 3.8) is 0 Å². The summed E-state index contributed by atoms with van der Waals surface area (Å²) < 4.78 is 16.2. The molecule has 0 aliphatic carbocycles. The zero-order valence-corrected chi connectivity index (χ0v) is 15.1. The molecule has 1 aromatic heterocycles. The van der Waals surface area contributed by atoms with Crippen LogP contribution >= 0.6 is 0 Å². The summed E-state index contributed by atoms with van der Waals surface area (Å²) in [5.74, 6) is 1.68. The number of carbonyl (C=O) groups excluding carboxylic acids is 1. The minimum absolute atomic E-state index is 0.0921. The monoisotopic (exact) mass is 357 g/mol. The van der Waals surface area contributed by atoms with Crippen LogP contribution in [0.3, 0.4) is 0 Å². The van der Waals surface area contributed by atoms with Gasteiger partial charge in [-0.05, 0) is 24.1 Å². The first kappa shape index (κ1) is 18.0. The Bertz CT molecular complexity index is 736. The van der Waals surface area contributed by atoms with E-state index >= 15 is 0 Å². The minimum atomic E-state index is -0.0921. The van der Waals surface area contributed by atoms with Gasteiger partial charge in [0.2, 0.25) is 5.91 Å². The molecule has 3 rings (SSSR count). The number of methoxy groups -OCH3 is 2. The van der Waals surface area contributed by atoms with Gasteiger partial charge in [-0.2, -0.15) is 0 Å². The number of hydrogen-bond acceptors (Lipinski definition) is 6. The van der Waals surface area contributed by atoms with Crippen LogP contribution < -0.4 is 14.2 Å². The smallest absolute Gasteiger partial charge is 0.278 e. The van der Waals surface area contributed by atoms with Crippen molar-refractivity contribution in [2.24, 2.45) is 0 Å². The van der Waals surface area contributed by atoms with Crippen molar-refractivity contribution < 1.29 is 19.0 Å². The van der Waals surface area contributed by atoms with Crippen molar-refractivity contribution in [2.45, 2.75) is 25.4 Å². The molecule has 7 nitrogen and oxygen atoms in total. The van der Waals surface area contributed by atoms with E-state index in [9.17, 15) is 4.79 Å². The van der Waals surface area contributed by atoms with Crippen molar-refractivity contribution in [3.05, 3.63) is 42.2 Å². The maximum absolute atomic E-state index is 12.5. The number of amides is 1. The molecular weight excluding hydrogens is 334 g/mol. The Morgan fingerprint density at radius 2 is 1.85 bits per heavy atom. The van der Waals surface area contributed by atoms with Crippen molar-refractivity contribution in [2.75, 3.05) is 27.3 Å². The van der Waals surface area contributed by atoms with Crippen LogP contribution in [0.2, 0.25) is 0 Å². The number of carbonyl (C=O) groups is 1. The van der Waals surface area contributed by atoms with E-state index in [2.05, 4.69) is 9.97 Å². The summed E-state index contributed by atoms with van der Waals surface area (Å²) in [7, 11) is 3.17. The van der Waals surface area contributed by atoms with E-state index in [-0.39, 0.29) is 12.0 Å². The average molecular weight is 357 g/mol. The first-order valence-electron chi connectivity index (χ1n) is 8.62. The zero-order valence-electron chi connectivity index (χ0n) is 15.1. The SMILES string of the molecule is COc1ccc(CCC(=O)N2CC[C@H](Oc3nccnc3OC)C2)cc1. The Balaban J connectivity index is 1.49. The molecular formula is C19H23N3O4. The van der Waals surface area contributed by atoms with Gasteiger partial charge in [-0.1, -0.05) is 12.1 Å². The molecule has 1 aliphatic rings. The van der Waals surface area contributed by atoms with Crippen molar-refractivity contribution in [1.82, 2.24) is 14.9 Å². The molecule has 7 heteroatoms. The van der Waals surface area contributed by atoms with E-state index in [1.54, 1.807) is 19.5 Å². The van der Waals surface area contributed by atoms with Gasteiger partial charge in [-0.3, -0.25) is 4.79 Å².